The lowest BCUT2D eigenvalue weighted by Gasteiger charge is -2.26. The van der Waals surface area contributed by atoms with Crippen molar-refractivity contribution in [3.63, 3.8) is 0 Å². The molecule has 0 saturated carbocycles. The summed E-state index contributed by atoms with van der Waals surface area (Å²) in [7, 11) is 0. The topological polar surface area (TPSA) is 114 Å². The molecule has 0 amide bonds. The van der Waals surface area contributed by atoms with Crippen LogP contribution in [0.5, 0.6) is 5.75 Å². The molecule has 4 heterocycles. The molecule has 5 rings (SSSR count). The van der Waals surface area contributed by atoms with E-state index in [0.29, 0.717) is 12.3 Å². The van der Waals surface area contributed by atoms with E-state index in [9.17, 15) is 9.59 Å². The van der Waals surface area contributed by atoms with Crippen molar-refractivity contribution in [1.29, 1.82) is 0 Å². The number of Topliss-reactive ketones (excluding diaryl/α,β-unsaturated/α-hetero) is 1. The molecule has 0 atom stereocenters. The number of nitrogens with zero attached hydrogens (tertiary/aromatic N) is 1. The van der Waals surface area contributed by atoms with Crippen LogP contribution in [0.25, 0.3) is 6.08 Å². The van der Waals surface area contributed by atoms with E-state index in [4.69, 9.17) is 18.9 Å². The number of carbonyl (C=O) groups is 2. The van der Waals surface area contributed by atoms with Crippen LogP contribution in [0, 0.1) is 6.92 Å². The number of hydrogen-bond acceptors (Lipinski definition) is 9. The minimum Gasteiger partial charge on any atom is -0.492 e. The largest absolute Gasteiger partial charge is 0.492 e. The second-order valence-electron chi connectivity index (χ2n) is 9.40. The number of hydrogen-bond donors (Lipinski definition) is 3. The second kappa shape index (κ2) is 11.7. The monoisotopic (exact) mass is 522 g/mol. The summed E-state index contributed by atoms with van der Waals surface area (Å²) >= 11 is 0. The van der Waals surface area contributed by atoms with Gasteiger partial charge in [0, 0.05) is 49.2 Å². The molecule has 3 N–H and O–H groups in total. The van der Waals surface area contributed by atoms with Gasteiger partial charge in [0.1, 0.15) is 18.2 Å². The Morgan fingerprint density at radius 2 is 2.11 bits per heavy atom. The van der Waals surface area contributed by atoms with E-state index >= 15 is 0 Å². The van der Waals surface area contributed by atoms with Crippen LogP contribution in [-0.4, -0.2) is 74.2 Å². The summed E-state index contributed by atoms with van der Waals surface area (Å²) in [6.45, 7) is 9.44. The number of esters is 1. The first-order chi connectivity index (χ1) is 18.5. The average molecular weight is 523 g/mol. The fraction of sp³-hybridized carbons (Fsp3) is 0.429. The molecule has 1 aromatic carbocycles. The van der Waals surface area contributed by atoms with E-state index in [1.54, 1.807) is 13.0 Å². The highest BCUT2D eigenvalue weighted by atomic mass is 16.5. The molecule has 0 aliphatic carbocycles. The molecule has 38 heavy (non-hydrogen) atoms. The van der Waals surface area contributed by atoms with Crippen molar-refractivity contribution in [1.82, 2.24) is 9.88 Å². The zero-order valence-corrected chi connectivity index (χ0v) is 21.9. The molecule has 1 saturated heterocycles. The summed E-state index contributed by atoms with van der Waals surface area (Å²) in [5.74, 6) is 0.603. The maximum Gasteiger partial charge on any atom is 0.347 e. The Morgan fingerprint density at radius 3 is 2.89 bits per heavy atom. The molecule has 2 aromatic rings. The Kier molecular flexibility index (Phi) is 8.00. The minimum absolute atomic E-state index is 0.0614. The Hall–Kier alpha value is -3.76. The summed E-state index contributed by atoms with van der Waals surface area (Å²) in [6.07, 6.45) is 5.41. The maximum atomic E-state index is 13.3. The molecule has 0 unspecified atom stereocenters. The van der Waals surface area contributed by atoms with Crippen molar-refractivity contribution >= 4 is 29.3 Å². The maximum absolute atomic E-state index is 13.3. The normalized spacial score (nSPS) is 18.7. The number of allylic oxidation sites excluding steroid dienone is 1. The first-order valence-corrected chi connectivity index (χ1v) is 13.1. The first kappa shape index (κ1) is 25.9. The third-order valence-corrected chi connectivity index (χ3v) is 6.81. The molecule has 1 fully saturated rings. The van der Waals surface area contributed by atoms with Gasteiger partial charge < -0.3 is 34.6 Å². The zero-order valence-electron chi connectivity index (χ0n) is 21.9. The predicted octanol–water partition coefficient (Wildman–Crippen LogP) is 3.22. The minimum atomic E-state index is -0.720. The molecule has 10 heteroatoms. The number of aromatic nitrogens is 1. The van der Waals surface area contributed by atoms with Crippen LogP contribution in [0.4, 0.5) is 11.5 Å². The number of benzene rings is 1. The number of carbonyl (C=O) groups excluding carboxylic acids is 2. The smallest absolute Gasteiger partial charge is 0.347 e. The van der Waals surface area contributed by atoms with E-state index in [2.05, 4.69) is 20.5 Å². The number of rotatable bonds is 9. The lowest BCUT2D eigenvalue weighted by Crippen LogP contribution is -2.38. The molecule has 0 spiro atoms. The van der Waals surface area contributed by atoms with Crippen molar-refractivity contribution < 1.29 is 28.5 Å². The lowest BCUT2D eigenvalue weighted by molar-refractivity contribution is -0.139. The van der Waals surface area contributed by atoms with E-state index in [0.717, 1.165) is 80.5 Å². The number of aryl methyl sites for hydroxylation is 1. The van der Waals surface area contributed by atoms with E-state index < -0.39 is 11.8 Å². The van der Waals surface area contributed by atoms with Gasteiger partial charge in [0.2, 0.25) is 11.7 Å². The number of nitrogens with one attached hydrogen (secondary N) is 3. The van der Waals surface area contributed by atoms with Gasteiger partial charge in [-0.2, -0.15) is 0 Å². The summed E-state index contributed by atoms with van der Waals surface area (Å²) in [4.78, 5) is 31.5. The third kappa shape index (κ3) is 5.71. The highest BCUT2D eigenvalue weighted by Gasteiger charge is 2.37. The van der Waals surface area contributed by atoms with E-state index in [1.165, 1.54) is 0 Å². The fourth-order valence-electron chi connectivity index (χ4n) is 4.76. The predicted molar refractivity (Wildman–Crippen MR) is 143 cm³/mol. The average Bonchev–Trinajstić information content (AvgIpc) is 3.47. The van der Waals surface area contributed by atoms with Crippen molar-refractivity contribution in [3.05, 3.63) is 58.3 Å². The van der Waals surface area contributed by atoms with Crippen LogP contribution in [0.3, 0.4) is 0 Å². The number of morpholine rings is 1. The van der Waals surface area contributed by atoms with Gasteiger partial charge >= 0.3 is 5.97 Å². The van der Waals surface area contributed by atoms with Crippen LogP contribution in [0.15, 0.2) is 41.6 Å². The van der Waals surface area contributed by atoms with Crippen molar-refractivity contribution in [2.75, 3.05) is 63.2 Å². The number of ether oxygens (including phenoxy) is 4. The van der Waals surface area contributed by atoms with Crippen molar-refractivity contribution in [3.8, 4) is 5.75 Å². The summed E-state index contributed by atoms with van der Waals surface area (Å²) in [5.41, 5.74) is 3.38. The molecule has 3 aliphatic heterocycles. The Bertz CT molecular complexity index is 1260. The lowest BCUT2D eigenvalue weighted by atomic mass is 10.0. The molecule has 202 valence electrons. The summed E-state index contributed by atoms with van der Waals surface area (Å²) < 4.78 is 22.4. The van der Waals surface area contributed by atoms with Gasteiger partial charge in [-0.15, -0.1) is 0 Å². The summed E-state index contributed by atoms with van der Waals surface area (Å²) in [5, 5.41) is 6.45. The first-order valence-electron chi connectivity index (χ1n) is 13.1. The molecular formula is C28H34N4O6. The van der Waals surface area contributed by atoms with Crippen LogP contribution in [0.1, 0.15) is 30.0 Å². The van der Waals surface area contributed by atoms with Crippen molar-refractivity contribution in [2.24, 2.45) is 0 Å². The number of anilines is 2. The van der Waals surface area contributed by atoms with Crippen LogP contribution >= 0.6 is 0 Å². The fourth-order valence-corrected chi connectivity index (χ4v) is 4.76. The number of ketones is 1. The van der Waals surface area contributed by atoms with Crippen LogP contribution < -0.4 is 15.4 Å². The van der Waals surface area contributed by atoms with Gasteiger partial charge in [-0.1, -0.05) is 0 Å². The molecule has 1 aromatic heterocycles. The number of H-pyrrole nitrogens is 1. The van der Waals surface area contributed by atoms with Gasteiger partial charge in [-0.05, 0) is 56.5 Å². The molecule has 3 aliphatic rings. The quantitative estimate of drug-likeness (QED) is 0.259. The Labute approximate surface area is 222 Å². The van der Waals surface area contributed by atoms with E-state index in [1.807, 2.05) is 31.3 Å². The molecule has 0 bridgehead atoms. The highest BCUT2D eigenvalue weighted by Crippen LogP contribution is 2.33. The number of fused-ring (bicyclic) bond motifs is 1. The van der Waals surface area contributed by atoms with Crippen LogP contribution in [0.2, 0.25) is 0 Å². The number of aromatic amines is 1. The van der Waals surface area contributed by atoms with Gasteiger partial charge in [0.05, 0.1) is 19.8 Å². The van der Waals surface area contributed by atoms with Crippen LogP contribution in [-0.2, 0) is 30.2 Å². The SMILES string of the molecule is CCOC(=O)C1=C(Nc2ccc(OCCN3CCOCC3)cc2C)O/C(=C\c2c[nH]c3c2CCCN3)C1=O. The summed E-state index contributed by atoms with van der Waals surface area (Å²) in [6, 6.07) is 5.61. The molecular weight excluding hydrogens is 488 g/mol. The standard InChI is InChI=1S/C28H34N4O6/c1-3-36-28(34)24-25(33)23(16-19-17-30-26-21(19)5-4-8-29-26)38-27(24)31-22-7-6-20(15-18(22)2)37-14-11-32-9-12-35-13-10-32/h6-7,15-17,29-31H,3-5,8-14H2,1-2H3/b23-16-. The molecule has 0 radical (unpaired) electrons. The van der Waals surface area contributed by atoms with Gasteiger partial charge in [0.25, 0.3) is 0 Å². The van der Waals surface area contributed by atoms with Gasteiger partial charge in [-0.3, -0.25) is 9.69 Å². The highest BCUT2D eigenvalue weighted by molar-refractivity contribution is 6.26. The zero-order chi connectivity index (χ0) is 26.5. The second-order valence-corrected chi connectivity index (χ2v) is 9.40. The third-order valence-electron chi connectivity index (χ3n) is 6.81. The Balaban J connectivity index is 1.31. The van der Waals surface area contributed by atoms with Gasteiger partial charge in [0.15, 0.2) is 11.3 Å². The Morgan fingerprint density at radius 1 is 1.26 bits per heavy atom. The van der Waals surface area contributed by atoms with Gasteiger partial charge in [-0.25, -0.2) is 4.79 Å². The molecule has 10 nitrogen and oxygen atoms in total. The van der Waals surface area contributed by atoms with E-state index in [-0.39, 0.29) is 23.8 Å². The van der Waals surface area contributed by atoms with Crippen molar-refractivity contribution in [2.45, 2.75) is 26.7 Å².